The zero-order chi connectivity index (χ0) is 37.9. The molecular formula is C42H42BF2N4O3PS+. The van der Waals surface area contributed by atoms with Gasteiger partial charge < -0.3 is 17.6 Å². The summed E-state index contributed by atoms with van der Waals surface area (Å²) in [7, 11) is -1.94. The van der Waals surface area contributed by atoms with E-state index in [4.69, 9.17) is 0 Å². The van der Waals surface area contributed by atoms with Crippen molar-refractivity contribution in [2.24, 2.45) is 4.99 Å². The molecule has 0 unspecified atom stereocenters. The van der Waals surface area contributed by atoms with Gasteiger partial charge in [-0.3, -0.25) is 19.6 Å². The summed E-state index contributed by atoms with van der Waals surface area (Å²) in [6.45, 7) is -0.685. The lowest BCUT2D eigenvalue weighted by molar-refractivity contribution is -0.362. The molecule has 1 radical (unpaired) electrons. The summed E-state index contributed by atoms with van der Waals surface area (Å²) in [5, 5.41) is 16.7. The van der Waals surface area contributed by atoms with Gasteiger partial charge in [0.15, 0.2) is 5.70 Å². The fourth-order valence-electron chi connectivity index (χ4n) is 7.80. The second-order valence-electron chi connectivity index (χ2n) is 13.8. The largest absolute Gasteiger partial charge is 0.737 e. The lowest BCUT2D eigenvalue weighted by atomic mass is 9.90. The van der Waals surface area contributed by atoms with Crippen LogP contribution < -0.4 is 15.9 Å². The Balaban J connectivity index is 0.920. The minimum Gasteiger partial charge on any atom is -0.394 e. The minimum absolute atomic E-state index is 0.0199. The molecule has 3 aromatic carbocycles. The Morgan fingerprint density at radius 3 is 2.07 bits per heavy atom. The third-order valence-corrected chi connectivity index (χ3v) is 16.0. The minimum atomic E-state index is -4.11. The average Bonchev–Trinajstić information content (AvgIpc) is 3.82. The van der Waals surface area contributed by atoms with Gasteiger partial charge in [0.25, 0.3) is 11.8 Å². The SMILES string of the molecule is Cc1cc(C)n2c1C=C1C=CC(CCC([O])=NCCN3C(=O)C=C(SCCCC[P+](c4ccccc4)(c4ccccc4)c4ccccc4)C3=O)=[N+]1[B-]2(F)F. The highest BCUT2D eigenvalue weighted by atomic mass is 32.2. The molecule has 7 rings (SSSR count). The first-order valence-electron chi connectivity index (χ1n) is 18.3. The molecule has 0 bridgehead atoms. The molecular weight excluding hydrogens is 720 g/mol. The monoisotopic (exact) mass is 762 g/mol. The van der Waals surface area contributed by atoms with E-state index in [9.17, 15) is 14.7 Å². The molecule has 0 N–H and O–H groups in total. The van der Waals surface area contributed by atoms with Gasteiger partial charge in [-0.25, -0.2) is 4.99 Å². The standard InChI is InChI=1S/C42H42BF2N4O3PS/c1-31-28-32(2)48-38(31)29-34-21-20-33(49(34)43(48,44)45)22-23-40(50)46-24-25-47-41(51)30-39(42(47)52)54-27-13-12-26-53(35-14-6-3-7-15-35,36-16-8-4-9-17-36)37-18-10-5-11-19-37/h3-11,14-21,28-30H,12-13,22-27H2,1-2H3/q+1. The lowest BCUT2D eigenvalue weighted by Crippen LogP contribution is -2.50. The second-order valence-corrected chi connectivity index (χ2v) is 18.5. The maximum absolute atomic E-state index is 15.7. The molecule has 54 heavy (non-hydrogen) atoms. The zero-order valence-corrected chi connectivity index (χ0v) is 32.1. The van der Waals surface area contributed by atoms with Crippen LogP contribution in [0.15, 0.2) is 131 Å². The van der Waals surface area contributed by atoms with Crippen LogP contribution >= 0.6 is 19.0 Å². The number of hydrogen-bond donors (Lipinski definition) is 0. The van der Waals surface area contributed by atoms with E-state index in [0.717, 1.165) is 38.4 Å². The molecule has 0 saturated heterocycles. The van der Waals surface area contributed by atoms with Gasteiger partial charge in [-0.1, -0.05) is 54.6 Å². The van der Waals surface area contributed by atoms with Crippen LogP contribution in [-0.2, 0) is 14.7 Å². The van der Waals surface area contributed by atoms with Crippen molar-refractivity contribution >= 4 is 71.4 Å². The van der Waals surface area contributed by atoms with Gasteiger partial charge in [0.05, 0.1) is 17.6 Å². The van der Waals surface area contributed by atoms with Crippen LogP contribution in [0.4, 0.5) is 8.63 Å². The highest BCUT2D eigenvalue weighted by Gasteiger charge is 2.52. The van der Waals surface area contributed by atoms with Crippen LogP contribution in [0.3, 0.4) is 0 Å². The van der Waals surface area contributed by atoms with E-state index in [2.05, 4.69) is 96.0 Å². The number of fused-ring (bicyclic) bond motifs is 2. The summed E-state index contributed by atoms with van der Waals surface area (Å²) in [6, 6.07) is 34.0. The number of amides is 2. The molecule has 12 heteroatoms. The van der Waals surface area contributed by atoms with Gasteiger partial charge in [-0.15, -0.1) is 11.8 Å². The number of rotatable bonds is 15. The van der Waals surface area contributed by atoms with Crippen molar-refractivity contribution in [3.8, 4) is 0 Å². The molecule has 1 aromatic heterocycles. The van der Waals surface area contributed by atoms with Gasteiger partial charge in [0, 0.05) is 49.4 Å². The van der Waals surface area contributed by atoms with Gasteiger partial charge in [0.1, 0.15) is 28.9 Å². The topological polar surface area (TPSA) is 77.6 Å². The van der Waals surface area contributed by atoms with Gasteiger partial charge >= 0.3 is 6.97 Å². The molecule has 4 aromatic rings. The summed E-state index contributed by atoms with van der Waals surface area (Å²) in [6.07, 6.45) is 9.22. The molecule has 3 aliphatic rings. The second kappa shape index (κ2) is 15.9. The molecule has 0 saturated carbocycles. The van der Waals surface area contributed by atoms with E-state index in [1.165, 1.54) is 33.8 Å². The highest BCUT2D eigenvalue weighted by Crippen LogP contribution is 2.56. The van der Waals surface area contributed by atoms with Crippen LogP contribution in [0, 0.1) is 13.8 Å². The molecule has 4 heterocycles. The van der Waals surface area contributed by atoms with Gasteiger partial charge in [-0.05, 0) is 86.2 Å². The number of aryl methyl sites for hydroxylation is 2. The maximum Gasteiger partial charge on any atom is 0.737 e. The first kappa shape index (κ1) is 37.5. The molecule has 2 amide bonds. The van der Waals surface area contributed by atoms with Crippen molar-refractivity contribution in [3.05, 3.63) is 143 Å². The Labute approximate surface area is 319 Å². The normalized spacial score (nSPS) is 16.5. The van der Waals surface area contributed by atoms with Crippen LogP contribution in [0.5, 0.6) is 0 Å². The number of unbranched alkanes of at least 4 members (excludes halogenated alkanes) is 1. The number of allylic oxidation sites excluding steroid dienone is 2. The van der Waals surface area contributed by atoms with E-state index in [0.29, 0.717) is 33.5 Å². The number of carbonyl (C=O) groups excluding carboxylic acids is 2. The summed E-state index contributed by atoms with van der Waals surface area (Å²) in [4.78, 5) is 31.5. The first-order chi connectivity index (χ1) is 26.1. The van der Waals surface area contributed by atoms with Crippen LogP contribution in [-0.4, -0.2) is 69.3 Å². The quantitative estimate of drug-likeness (QED) is 0.0325. The van der Waals surface area contributed by atoms with Crippen molar-refractivity contribution in [1.29, 1.82) is 0 Å². The number of hydrogen-bond acceptors (Lipinski definition) is 4. The number of aliphatic imine (C=N–C) groups is 1. The van der Waals surface area contributed by atoms with Crippen molar-refractivity contribution in [1.82, 2.24) is 9.38 Å². The number of carbonyl (C=O) groups is 2. The van der Waals surface area contributed by atoms with Gasteiger partial charge in [-0.2, -0.15) is 0 Å². The Morgan fingerprint density at radius 1 is 0.852 bits per heavy atom. The highest BCUT2D eigenvalue weighted by molar-refractivity contribution is 8.04. The van der Waals surface area contributed by atoms with Gasteiger partial charge in [0.2, 0.25) is 5.90 Å². The number of imide groups is 1. The summed E-state index contributed by atoms with van der Waals surface area (Å²) in [5.74, 6) is -0.561. The van der Waals surface area contributed by atoms with E-state index >= 15 is 8.63 Å². The number of benzene rings is 3. The summed E-state index contributed by atoms with van der Waals surface area (Å²) in [5.41, 5.74) is 2.53. The van der Waals surface area contributed by atoms with Crippen molar-refractivity contribution in [2.45, 2.75) is 39.5 Å². The average molecular weight is 763 g/mol. The molecule has 0 spiro atoms. The summed E-state index contributed by atoms with van der Waals surface area (Å²) < 4.78 is 33.5. The molecule has 275 valence electrons. The third kappa shape index (κ3) is 7.19. The third-order valence-electron chi connectivity index (χ3n) is 10.3. The Morgan fingerprint density at radius 2 is 1.46 bits per heavy atom. The number of nitrogens with zero attached hydrogens (tertiary/aromatic N) is 4. The Kier molecular flexibility index (Phi) is 11.0. The number of aromatic nitrogens is 1. The molecule has 0 atom stereocenters. The predicted molar refractivity (Wildman–Crippen MR) is 218 cm³/mol. The molecule has 7 nitrogen and oxygen atoms in total. The summed E-state index contributed by atoms with van der Waals surface area (Å²) >= 11 is 1.39. The molecule has 0 fully saturated rings. The molecule has 3 aliphatic heterocycles. The first-order valence-corrected chi connectivity index (χ1v) is 21.3. The zero-order valence-electron chi connectivity index (χ0n) is 30.4. The number of halogens is 2. The Bertz CT molecular complexity index is 2120. The predicted octanol–water partition coefficient (Wildman–Crippen LogP) is 7.07. The van der Waals surface area contributed by atoms with Crippen LogP contribution in [0.2, 0.25) is 0 Å². The van der Waals surface area contributed by atoms with E-state index in [1.807, 2.05) is 6.92 Å². The van der Waals surface area contributed by atoms with Crippen LogP contribution in [0.1, 0.15) is 42.6 Å². The van der Waals surface area contributed by atoms with Crippen molar-refractivity contribution < 1.29 is 27.8 Å². The van der Waals surface area contributed by atoms with Crippen molar-refractivity contribution in [3.63, 3.8) is 0 Å². The smallest absolute Gasteiger partial charge is 0.394 e. The van der Waals surface area contributed by atoms with E-state index in [-0.39, 0.29) is 31.8 Å². The maximum atomic E-state index is 15.7. The Hall–Kier alpha value is -4.86. The van der Waals surface area contributed by atoms with E-state index < -0.39 is 26.0 Å². The fraction of sp³-hybridized carbons (Fsp3) is 0.238. The molecule has 0 aliphatic carbocycles. The van der Waals surface area contributed by atoms with Crippen LogP contribution in [0.25, 0.3) is 6.08 Å². The lowest BCUT2D eigenvalue weighted by Gasteiger charge is -2.30. The van der Waals surface area contributed by atoms with Crippen molar-refractivity contribution in [2.75, 3.05) is 25.0 Å². The fourth-order valence-corrected chi connectivity index (χ4v) is 13.2. The number of thioether (sulfide) groups is 1. The van der Waals surface area contributed by atoms with E-state index in [1.54, 1.807) is 31.2 Å².